The van der Waals surface area contributed by atoms with Crippen LogP contribution in [0.1, 0.15) is 53.6 Å². The van der Waals surface area contributed by atoms with Gasteiger partial charge in [-0.05, 0) is 157 Å². The fraction of sp³-hybridized carbons (Fsp3) is 0.147. The normalized spacial score (nSPS) is 11.8. The van der Waals surface area contributed by atoms with Gasteiger partial charge in [-0.2, -0.15) is 0 Å². The lowest BCUT2D eigenvalue weighted by atomic mass is 9.94. The smallest absolute Gasteiger partial charge is 0.391 e. The Morgan fingerprint density at radius 3 is 1.19 bits per heavy atom. The molecule has 10 rings (SSSR count). The number of thiophene rings is 2. The van der Waals surface area contributed by atoms with Gasteiger partial charge >= 0.3 is 17.7 Å². The maximum atomic E-state index is 13.4. The number of ether oxygens (including phenoxy) is 4. The van der Waals surface area contributed by atoms with E-state index < -0.39 is 24.1 Å². The summed E-state index contributed by atoms with van der Waals surface area (Å²) in [6.07, 6.45) is 2.30. The summed E-state index contributed by atoms with van der Waals surface area (Å²) in [4.78, 5) is 29.7. The van der Waals surface area contributed by atoms with Crippen molar-refractivity contribution in [2.75, 3.05) is 24.7 Å². The zero-order valence-corrected chi connectivity index (χ0v) is 50.8. The molecule has 10 aromatic rings. The Bertz CT molecular complexity index is 3780. The molecule has 0 amide bonds. The van der Waals surface area contributed by atoms with Gasteiger partial charge in [-0.3, -0.25) is 4.79 Å². The average molecular weight is 1230 g/mol. The molecule has 0 spiro atoms. The Labute approximate surface area is 513 Å². The second-order valence-corrected chi connectivity index (χ2v) is 24.7. The standard InChI is InChI=1S/C68H56Cl2O10S4/c1-5-75-58(65(48-19-11-44(12-20-48)56-9-7-35-77-56)49-21-13-45(14-22-49)57-10-8-36-78-57)40-81-52-27-29-54(42(3)37-52)79-68(67(73)74,39-64(71)72)80-55-30-28-53(38-43(55)4)82-41-59(76-6-2)66(50-23-15-46(16-24-50)60-31-33-62(69)83-60)51-25-17-47(18-26-51)61-32-34-63(70)84-61/h7-38H,5-6,39-41H2,1-4H3,(H,71,72)(H,73,74). The predicted molar refractivity (Wildman–Crippen MR) is 341 cm³/mol. The van der Waals surface area contributed by atoms with Crippen LogP contribution in [0.2, 0.25) is 8.67 Å². The molecular formula is C68H56Cl2O10S4. The van der Waals surface area contributed by atoms with Crippen molar-refractivity contribution < 1.29 is 47.6 Å². The molecule has 0 saturated carbocycles. The third-order valence-corrected chi connectivity index (χ3v) is 18.1. The highest BCUT2D eigenvalue weighted by Gasteiger charge is 2.47. The van der Waals surface area contributed by atoms with Crippen LogP contribution in [0, 0.1) is 13.8 Å². The number of hydrogen-bond acceptors (Lipinski definition) is 12. The highest BCUT2D eigenvalue weighted by molar-refractivity contribution is 7.99. The van der Waals surface area contributed by atoms with Crippen molar-refractivity contribution in [3.8, 4) is 55.0 Å². The van der Waals surface area contributed by atoms with E-state index in [0.29, 0.717) is 35.8 Å². The Kier molecular flexibility index (Phi) is 19.3. The van der Waals surface area contributed by atoms with Gasteiger partial charge in [-0.15, -0.1) is 46.2 Å². The molecule has 0 radical (unpaired) electrons. The van der Waals surface area contributed by atoms with E-state index in [1.54, 1.807) is 44.6 Å². The van der Waals surface area contributed by atoms with Gasteiger partial charge in [0.25, 0.3) is 0 Å². The summed E-state index contributed by atoms with van der Waals surface area (Å²) in [6, 6.07) is 59.1. The van der Waals surface area contributed by atoms with Crippen molar-refractivity contribution in [3.05, 3.63) is 248 Å². The Balaban J connectivity index is 0.889. The fourth-order valence-corrected chi connectivity index (χ4v) is 13.5. The van der Waals surface area contributed by atoms with E-state index in [9.17, 15) is 19.8 Å². The third kappa shape index (κ3) is 14.2. The van der Waals surface area contributed by atoms with Crippen molar-refractivity contribution in [1.29, 1.82) is 0 Å². The molecule has 0 fully saturated rings. The van der Waals surface area contributed by atoms with Gasteiger partial charge in [0.15, 0.2) is 0 Å². The average Bonchev–Trinajstić information content (AvgIpc) is 4.49. The van der Waals surface area contributed by atoms with E-state index in [2.05, 4.69) is 72.8 Å². The summed E-state index contributed by atoms with van der Waals surface area (Å²) in [6.45, 7) is 8.30. The molecule has 4 aromatic heterocycles. The van der Waals surface area contributed by atoms with Gasteiger partial charge in [-0.25, -0.2) is 4.79 Å². The van der Waals surface area contributed by atoms with Crippen LogP contribution in [-0.4, -0.2) is 52.7 Å². The summed E-state index contributed by atoms with van der Waals surface area (Å²) in [5, 5.41) is 21.1. The van der Waals surface area contributed by atoms with Crippen molar-refractivity contribution in [3.63, 3.8) is 0 Å². The quantitative estimate of drug-likeness (QED) is 0.0320. The van der Waals surface area contributed by atoms with Crippen LogP contribution < -0.4 is 9.47 Å². The molecular weight excluding hydrogens is 1180 g/mol. The number of furan rings is 2. The van der Waals surface area contributed by atoms with Crippen LogP contribution in [-0.2, 0) is 19.1 Å². The highest BCUT2D eigenvalue weighted by atomic mass is 35.5. The summed E-state index contributed by atoms with van der Waals surface area (Å²) in [7, 11) is 0. The SMILES string of the molecule is CCOC(CSc1ccc(OC(CC(=O)O)(Oc2ccc(SCC(OCC)=C(c3ccc(-c4ccc(Cl)s4)cc3)c3ccc(-c4ccc(Cl)s4)cc3)cc2C)C(=O)O)c(C)c1)=C(c1ccc(-c2ccco2)cc1)c1ccc(-c2ccco2)cc1. The van der Waals surface area contributed by atoms with Gasteiger partial charge in [0, 0.05) is 41.8 Å². The maximum Gasteiger partial charge on any atom is 0.391 e. The summed E-state index contributed by atoms with van der Waals surface area (Å²) >= 11 is 18.7. The van der Waals surface area contributed by atoms with Crippen molar-refractivity contribution in [2.24, 2.45) is 0 Å². The van der Waals surface area contributed by atoms with Crippen LogP contribution in [0.4, 0.5) is 0 Å². The fourth-order valence-electron chi connectivity index (χ4n) is 9.49. The van der Waals surface area contributed by atoms with Gasteiger partial charge in [-0.1, -0.05) is 120 Å². The summed E-state index contributed by atoms with van der Waals surface area (Å²) in [5.41, 5.74) is 10.8. The molecule has 16 heteroatoms. The number of carboxylic acids is 2. The molecule has 4 heterocycles. The molecule has 2 N–H and O–H groups in total. The number of thioether (sulfide) groups is 2. The Hall–Kier alpha value is -7.82. The zero-order valence-electron chi connectivity index (χ0n) is 46.1. The first-order valence-corrected chi connectivity index (χ1v) is 31.1. The number of hydrogen-bond donors (Lipinski definition) is 2. The second-order valence-electron chi connectivity index (χ2n) is 19.2. The van der Waals surface area contributed by atoms with Gasteiger partial charge in [0.2, 0.25) is 0 Å². The molecule has 0 aliphatic rings. The number of carboxylic acid groups (broad SMARTS) is 2. The highest BCUT2D eigenvalue weighted by Crippen LogP contribution is 2.41. The van der Waals surface area contributed by atoms with E-state index >= 15 is 0 Å². The number of rotatable bonds is 25. The van der Waals surface area contributed by atoms with E-state index in [-0.39, 0.29) is 11.5 Å². The first kappa shape index (κ1) is 59.3. The first-order valence-electron chi connectivity index (χ1n) is 26.8. The summed E-state index contributed by atoms with van der Waals surface area (Å²) < 4.78 is 38.2. The minimum absolute atomic E-state index is 0.143. The number of aliphatic carboxylic acids is 2. The molecule has 0 bridgehead atoms. The lowest BCUT2D eigenvalue weighted by Crippen LogP contribution is -2.52. The van der Waals surface area contributed by atoms with E-state index in [0.717, 1.165) is 107 Å². The van der Waals surface area contributed by atoms with E-state index in [1.165, 1.54) is 46.2 Å². The molecule has 1 unspecified atom stereocenters. The molecule has 0 aliphatic heterocycles. The summed E-state index contributed by atoms with van der Waals surface area (Å²) in [5.74, 6) is -1.47. The van der Waals surface area contributed by atoms with Crippen molar-refractivity contribution >= 4 is 92.5 Å². The Morgan fingerprint density at radius 2 is 0.893 bits per heavy atom. The lowest BCUT2D eigenvalue weighted by Gasteiger charge is -2.31. The minimum atomic E-state index is -2.64. The monoisotopic (exact) mass is 1230 g/mol. The van der Waals surface area contributed by atoms with E-state index in [1.807, 2.05) is 105 Å². The van der Waals surface area contributed by atoms with Crippen LogP contribution in [0.25, 0.3) is 54.7 Å². The molecule has 1 atom stereocenters. The molecule has 84 heavy (non-hydrogen) atoms. The topological polar surface area (TPSA) is 138 Å². The lowest BCUT2D eigenvalue weighted by molar-refractivity contribution is -0.192. The molecule has 10 nitrogen and oxygen atoms in total. The zero-order chi connectivity index (χ0) is 58.7. The minimum Gasteiger partial charge on any atom is -0.497 e. The number of halogens is 2. The third-order valence-electron chi connectivity index (χ3n) is 13.5. The van der Waals surface area contributed by atoms with Gasteiger partial charge in [0.05, 0.1) is 45.9 Å². The van der Waals surface area contributed by atoms with Crippen LogP contribution in [0.3, 0.4) is 0 Å². The van der Waals surface area contributed by atoms with Crippen LogP contribution in [0.15, 0.2) is 225 Å². The largest absolute Gasteiger partial charge is 0.497 e. The molecule has 0 saturated heterocycles. The van der Waals surface area contributed by atoms with E-state index in [4.69, 9.17) is 51.0 Å². The maximum absolute atomic E-state index is 13.4. The molecule has 0 aliphatic carbocycles. The number of carbonyl (C=O) groups is 2. The van der Waals surface area contributed by atoms with Crippen molar-refractivity contribution in [2.45, 2.75) is 49.7 Å². The first-order chi connectivity index (χ1) is 40.8. The van der Waals surface area contributed by atoms with Crippen LogP contribution in [0.5, 0.6) is 11.5 Å². The van der Waals surface area contributed by atoms with Gasteiger partial charge in [0.1, 0.15) is 41.0 Å². The predicted octanol–water partition coefficient (Wildman–Crippen LogP) is 19.5. The number of aryl methyl sites for hydroxylation is 2. The molecule has 426 valence electrons. The second kappa shape index (κ2) is 27.3. The van der Waals surface area contributed by atoms with Crippen LogP contribution >= 0.6 is 69.4 Å². The van der Waals surface area contributed by atoms with Gasteiger partial charge < -0.3 is 38.0 Å². The van der Waals surface area contributed by atoms with Crippen molar-refractivity contribution in [1.82, 2.24) is 0 Å². The molecule has 6 aromatic carbocycles. The Morgan fingerprint density at radius 1 is 0.512 bits per heavy atom. The number of benzene rings is 6.